The van der Waals surface area contributed by atoms with Crippen LogP contribution in [0.15, 0.2) is 24.3 Å². The van der Waals surface area contributed by atoms with Crippen molar-refractivity contribution in [2.45, 2.75) is 32.6 Å². The highest BCUT2D eigenvalue weighted by molar-refractivity contribution is 5.41. The zero-order chi connectivity index (χ0) is 27.2. The molecule has 0 aliphatic heterocycles. The molecule has 222 valence electrons. The molecule has 0 bridgehead atoms. The smallest absolute Gasteiger partial charge is 0.119 e. The van der Waals surface area contributed by atoms with Crippen LogP contribution in [0.3, 0.4) is 0 Å². The van der Waals surface area contributed by atoms with Crippen LogP contribution in [0.25, 0.3) is 0 Å². The molecule has 0 aromatic heterocycles. The van der Waals surface area contributed by atoms with E-state index < -0.39 is 0 Å². The normalized spacial score (nSPS) is 11.3. The second-order valence-corrected chi connectivity index (χ2v) is 8.38. The molecule has 10 heteroatoms. The lowest BCUT2D eigenvalue weighted by Gasteiger charge is -2.09. The highest BCUT2D eigenvalue weighted by Crippen LogP contribution is 2.12. The zero-order valence-electron chi connectivity index (χ0n) is 23.4. The molecule has 0 fully saturated rings. The topological polar surface area (TPSA) is 109 Å². The number of ether oxygens (including phenoxy) is 9. The van der Waals surface area contributed by atoms with E-state index in [0.29, 0.717) is 111 Å². The van der Waals surface area contributed by atoms with Crippen molar-refractivity contribution < 1.29 is 42.6 Å². The molecule has 0 spiro atoms. The number of anilines is 1. The maximum absolute atomic E-state index is 5.63. The van der Waals surface area contributed by atoms with Gasteiger partial charge in [-0.15, -0.1) is 0 Å². The minimum absolute atomic E-state index is 0.483. The molecule has 1 rings (SSSR count). The maximum atomic E-state index is 5.63. The van der Waals surface area contributed by atoms with Crippen molar-refractivity contribution in [3.05, 3.63) is 24.3 Å². The van der Waals surface area contributed by atoms with Gasteiger partial charge in [-0.25, -0.2) is 0 Å². The molecule has 0 saturated heterocycles. The average Bonchev–Trinajstić information content (AvgIpc) is 2.93. The summed E-state index contributed by atoms with van der Waals surface area (Å²) in [5, 5.41) is 0. The summed E-state index contributed by atoms with van der Waals surface area (Å²) in [6.45, 7) is 11.7. The van der Waals surface area contributed by atoms with Crippen molar-refractivity contribution in [3.8, 4) is 5.75 Å². The van der Waals surface area contributed by atoms with Gasteiger partial charge in [-0.1, -0.05) is 26.2 Å². The Morgan fingerprint density at radius 1 is 0.421 bits per heavy atom. The van der Waals surface area contributed by atoms with E-state index in [0.717, 1.165) is 18.8 Å². The first-order valence-corrected chi connectivity index (χ1v) is 13.9. The van der Waals surface area contributed by atoms with Crippen molar-refractivity contribution in [2.75, 3.05) is 118 Å². The molecule has 1 aromatic carbocycles. The Balaban J connectivity index is 1.64. The number of nitrogens with two attached hydrogens (primary N) is 1. The predicted molar refractivity (Wildman–Crippen MR) is 147 cm³/mol. The van der Waals surface area contributed by atoms with Gasteiger partial charge in [-0.3, -0.25) is 0 Å². The highest BCUT2D eigenvalue weighted by Gasteiger charge is 1.97. The molecule has 1 aromatic rings. The van der Waals surface area contributed by atoms with Crippen LogP contribution in [0.5, 0.6) is 5.75 Å². The van der Waals surface area contributed by atoms with Crippen molar-refractivity contribution in [1.82, 2.24) is 0 Å². The van der Waals surface area contributed by atoms with Gasteiger partial charge in [-0.2, -0.15) is 0 Å². The van der Waals surface area contributed by atoms with Crippen LogP contribution in [0, 0.1) is 0 Å². The van der Waals surface area contributed by atoms with Crippen molar-refractivity contribution in [1.29, 1.82) is 0 Å². The third-order valence-electron chi connectivity index (χ3n) is 5.12. The second kappa shape index (κ2) is 28.5. The number of nitrogen functional groups attached to an aromatic ring is 1. The van der Waals surface area contributed by atoms with Gasteiger partial charge in [0.05, 0.1) is 99.1 Å². The van der Waals surface area contributed by atoms with Crippen LogP contribution in [0.1, 0.15) is 32.6 Å². The van der Waals surface area contributed by atoms with Gasteiger partial charge in [0.25, 0.3) is 0 Å². The fourth-order valence-corrected chi connectivity index (χ4v) is 3.05. The zero-order valence-corrected chi connectivity index (χ0v) is 23.4. The first-order valence-electron chi connectivity index (χ1n) is 13.9. The minimum atomic E-state index is 0.483. The number of unbranched alkanes of at least 4 members (excludes halogenated alkanes) is 3. The minimum Gasteiger partial charge on any atom is -0.491 e. The van der Waals surface area contributed by atoms with Gasteiger partial charge >= 0.3 is 0 Å². The predicted octanol–water partition coefficient (Wildman–Crippen LogP) is 3.36. The van der Waals surface area contributed by atoms with Crippen LogP contribution in [0.2, 0.25) is 0 Å². The van der Waals surface area contributed by atoms with Gasteiger partial charge in [0.1, 0.15) is 12.4 Å². The Morgan fingerprint density at radius 2 is 0.763 bits per heavy atom. The lowest BCUT2D eigenvalue weighted by Crippen LogP contribution is -2.15. The summed E-state index contributed by atoms with van der Waals surface area (Å²) in [5.74, 6) is 0.778. The third-order valence-corrected chi connectivity index (χ3v) is 5.12. The molecule has 0 aliphatic rings. The molecule has 38 heavy (non-hydrogen) atoms. The Labute approximate surface area is 229 Å². The summed E-state index contributed by atoms with van der Waals surface area (Å²) < 4.78 is 49.3. The van der Waals surface area contributed by atoms with E-state index in [1.807, 2.05) is 12.1 Å². The molecule has 0 amide bonds. The van der Waals surface area contributed by atoms with Crippen LogP contribution < -0.4 is 10.5 Å². The molecule has 2 N–H and O–H groups in total. The summed E-state index contributed by atoms with van der Waals surface area (Å²) in [6, 6.07) is 7.28. The SMILES string of the molecule is CCCCCCOCCOCCOCCOCCOCCOCCOCCOCCOc1ccc(N)cc1. The average molecular weight is 546 g/mol. The molecule has 0 unspecified atom stereocenters. The van der Waals surface area contributed by atoms with Crippen LogP contribution in [-0.4, -0.2) is 112 Å². The lowest BCUT2D eigenvalue weighted by molar-refractivity contribution is -0.0236. The van der Waals surface area contributed by atoms with Crippen LogP contribution in [0.4, 0.5) is 5.69 Å². The largest absolute Gasteiger partial charge is 0.491 e. The Hall–Kier alpha value is -1.50. The number of hydrogen-bond acceptors (Lipinski definition) is 10. The van der Waals surface area contributed by atoms with Gasteiger partial charge in [0.2, 0.25) is 0 Å². The third kappa shape index (κ3) is 24.8. The Morgan fingerprint density at radius 3 is 1.13 bits per heavy atom. The fourth-order valence-electron chi connectivity index (χ4n) is 3.05. The van der Waals surface area contributed by atoms with Crippen molar-refractivity contribution >= 4 is 5.69 Å². The maximum Gasteiger partial charge on any atom is 0.119 e. The molecular weight excluding hydrogens is 494 g/mol. The van der Waals surface area contributed by atoms with E-state index in [1.54, 1.807) is 12.1 Å². The Kier molecular flexibility index (Phi) is 25.9. The van der Waals surface area contributed by atoms with E-state index in [-0.39, 0.29) is 0 Å². The van der Waals surface area contributed by atoms with Gasteiger partial charge in [-0.05, 0) is 30.7 Å². The van der Waals surface area contributed by atoms with Gasteiger partial charge in [0.15, 0.2) is 0 Å². The van der Waals surface area contributed by atoms with E-state index in [4.69, 9.17) is 48.4 Å². The van der Waals surface area contributed by atoms with E-state index in [9.17, 15) is 0 Å². The summed E-state index contributed by atoms with van der Waals surface area (Å²) in [7, 11) is 0. The first-order chi connectivity index (χ1) is 18.8. The van der Waals surface area contributed by atoms with Crippen molar-refractivity contribution in [2.24, 2.45) is 0 Å². The number of benzene rings is 1. The summed E-state index contributed by atoms with van der Waals surface area (Å²) in [4.78, 5) is 0. The summed E-state index contributed by atoms with van der Waals surface area (Å²) >= 11 is 0. The van der Waals surface area contributed by atoms with E-state index in [2.05, 4.69) is 6.92 Å². The van der Waals surface area contributed by atoms with E-state index >= 15 is 0 Å². The van der Waals surface area contributed by atoms with Gasteiger partial charge in [0, 0.05) is 12.3 Å². The molecule has 0 atom stereocenters. The highest BCUT2D eigenvalue weighted by atomic mass is 16.6. The molecule has 10 nitrogen and oxygen atoms in total. The summed E-state index contributed by atoms with van der Waals surface area (Å²) in [6.07, 6.45) is 4.91. The van der Waals surface area contributed by atoms with Crippen LogP contribution >= 0.6 is 0 Å². The number of rotatable bonds is 30. The number of hydrogen-bond donors (Lipinski definition) is 1. The molecule has 0 aliphatic carbocycles. The lowest BCUT2D eigenvalue weighted by atomic mass is 10.2. The first kappa shape index (κ1) is 34.5. The molecule has 0 radical (unpaired) electrons. The summed E-state index contributed by atoms with van der Waals surface area (Å²) in [5.41, 5.74) is 6.35. The quantitative estimate of drug-likeness (QED) is 0.114. The second-order valence-electron chi connectivity index (χ2n) is 8.38. The standard InChI is InChI=1S/C28H51NO9/c1-2-3-4-5-10-30-11-12-31-13-14-32-15-16-33-17-18-34-19-20-35-21-22-36-23-24-37-25-26-38-28-8-6-27(29)7-9-28/h6-9H,2-5,10-26,29H2,1H3. The van der Waals surface area contributed by atoms with Gasteiger partial charge < -0.3 is 48.4 Å². The molecule has 0 saturated carbocycles. The van der Waals surface area contributed by atoms with Crippen molar-refractivity contribution in [3.63, 3.8) is 0 Å². The monoisotopic (exact) mass is 545 g/mol. The molecule has 0 heterocycles. The van der Waals surface area contributed by atoms with E-state index in [1.165, 1.54) is 19.3 Å². The fraction of sp³-hybridized carbons (Fsp3) is 0.786. The Bertz CT molecular complexity index is 592. The molecular formula is C28H51NO9. The van der Waals surface area contributed by atoms with Crippen LogP contribution in [-0.2, 0) is 37.9 Å².